The van der Waals surface area contributed by atoms with Gasteiger partial charge in [0, 0.05) is 30.7 Å². The maximum atomic E-state index is 12.2. The van der Waals surface area contributed by atoms with Gasteiger partial charge in [0.15, 0.2) is 0 Å². The van der Waals surface area contributed by atoms with E-state index in [1.165, 1.54) is 11.5 Å². The van der Waals surface area contributed by atoms with Gasteiger partial charge in [-0.3, -0.25) is 9.69 Å². The molecule has 1 amide bonds. The Morgan fingerprint density at radius 3 is 3.11 bits per heavy atom. The number of halogens is 1. The molecule has 0 spiro atoms. The molecule has 6 nitrogen and oxygen atoms in total. The summed E-state index contributed by atoms with van der Waals surface area (Å²) >= 11 is 7.18. The zero-order valence-corrected chi connectivity index (χ0v) is 11.9. The van der Waals surface area contributed by atoms with Crippen molar-refractivity contribution in [3.63, 3.8) is 0 Å². The normalized spacial score (nSPS) is 24.4. The maximum Gasteiger partial charge on any atom is 0.239 e. The van der Waals surface area contributed by atoms with E-state index < -0.39 is 0 Å². The van der Waals surface area contributed by atoms with E-state index in [9.17, 15) is 4.79 Å². The van der Waals surface area contributed by atoms with Crippen LogP contribution in [0, 0.1) is 0 Å². The molecule has 1 aliphatic carbocycles. The van der Waals surface area contributed by atoms with E-state index in [1.807, 2.05) is 0 Å². The number of aromatic nitrogens is 2. The number of hydrogen-bond acceptors (Lipinski definition) is 6. The molecule has 1 aromatic rings. The van der Waals surface area contributed by atoms with E-state index >= 15 is 0 Å². The van der Waals surface area contributed by atoms with E-state index in [2.05, 4.69) is 19.8 Å². The second-order valence-electron chi connectivity index (χ2n) is 4.84. The van der Waals surface area contributed by atoms with Gasteiger partial charge in [0.25, 0.3) is 0 Å². The molecular weight excluding hydrogens is 288 g/mol. The minimum Gasteiger partial charge on any atom is -0.378 e. The summed E-state index contributed by atoms with van der Waals surface area (Å²) in [6, 6.07) is 0.105. The molecule has 1 saturated heterocycles. The summed E-state index contributed by atoms with van der Waals surface area (Å²) in [6.07, 6.45) is 2.17. The second-order valence-corrected chi connectivity index (χ2v) is 6.19. The highest BCUT2D eigenvalue weighted by Crippen LogP contribution is 2.22. The monoisotopic (exact) mass is 302 g/mol. The fourth-order valence-corrected chi connectivity index (χ4v) is 2.69. The van der Waals surface area contributed by atoms with Crippen LogP contribution in [-0.4, -0.2) is 52.2 Å². The highest BCUT2D eigenvalue weighted by molar-refractivity contribution is 7.10. The Labute approximate surface area is 120 Å². The lowest BCUT2D eigenvalue weighted by Gasteiger charge is -2.33. The van der Waals surface area contributed by atoms with Crippen molar-refractivity contribution in [3.8, 4) is 0 Å². The lowest BCUT2D eigenvalue weighted by molar-refractivity contribution is -0.133. The van der Waals surface area contributed by atoms with Crippen LogP contribution in [0.3, 0.4) is 0 Å². The summed E-state index contributed by atoms with van der Waals surface area (Å²) in [7, 11) is 0. The lowest BCUT2D eigenvalue weighted by Crippen LogP contribution is -2.53. The van der Waals surface area contributed by atoms with Crippen molar-refractivity contribution in [2.45, 2.75) is 31.5 Å². The summed E-state index contributed by atoms with van der Waals surface area (Å²) in [5.41, 5.74) is 0.734. The molecule has 8 heteroatoms. The molecule has 19 heavy (non-hydrogen) atoms. The number of hydrogen-bond donors (Lipinski definition) is 1. The Kier molecular flexibility index (Phi) is 3.97. The summed E-state index contributed by atoms with van der Waals surface area (Å²) < 4.78 is 9.82. The Balaban J connectivity index is 1.66. The molecule has 1 N–H and O–H groups in total. The summed E-state index contributed by atoms with van der Waals surface area (Å²) in [5.74, 6) is 0.0431. The topological polar surface area (TPSA) is 67.3 Å². The molecule has 0 bridgehead atoms. The SMILES string of the molecule is O=C(NC1CC1)C1COCCN1Cc1nnsc1Cl. The van der Waals surface area contributed by atoms with Crippen LogP contribution in [0.2, 0.25) is 4.34 Å². The van der Waals surface area contributed by atoms with Gasteiger partial charge < -0.3 is 10.1 Å². The molecule has 0 aromatic carbocycles. The van der Waals surface area contributed by atoms with Gasteiger partial charge >= 0.3 is 0 Å². The number of ether oxygens (including phenoxy) is 1. The smallest absolute Gasteiger partial charge is 0.239 e. The highest BCUT2D eigenvalue weighted by atomic mass is 35.5. The van der Waals surface area contributed by atoms with Crippen LogP contribution in [-0.2, 0) is 16.1 Å². The number of nitrogens with one attached hydrogen (secondary N) is 1. The number of nitrogens with zero attached hydrogens (tertiary/aromatic N) is 3. The molecule has 1 aliphatic heterocycles. The predicted octanol–water partition coefficient (Wildman–Crippen LogP) is 0.671. The zero-order valence-electron chi connectivity index (χ0n) is 10.3. The van der Waals surface area contributed by atoms with E-state index in [1.54, 1.807) is 0 Å². The number of carbonyl (C=O) groups excluding carboxylic acids is 1. The summed E-state index contributed by atoms with van der Waals surface area (Å²) in [4.78, 5) is 14.2. The van der Waals surface area contributed by atoms with Gasteiger partial charge in [-0.15, -0.1) is 5.10 Å². The third-order valence-corrected chi connectivity index (χ3v) is 4.31. The van der Waals surface area contributed by atoms with Crippen molar-refractivity contribution in [1.29, 1.82) is 0 Å². The fraction of sp³-hybridized carbons (Fsp3) is 0.727. The molecule has 1 aromatic heterocycles. The summed E-state index contributed by atoms with van der Waals surface area (Å²) in [5, 5.41) is 7.02. The molecule has 1 atom stereocenters. The molecule has 1 unspecified atom stereocenters. The van der Waals surface area contributed by atoms with Crippen molar-refractivity contribution in [2.24, 2.45) is 0 Å². The Hall–Kier alpha value is -0.760. The van der Waals surface area contributed by atoms with E-state index in [-0.39, 0.29) is 11.9 Å². The third kappa shape index (κ3) is 3.22. The van der Waals surface area contributed by atoms with E-state index in [4.69, 9.17) is 16.3 Å². The van der Waals surface area contributed by atoms with Crippen LogP contribution in [0.25, 0.3) is 0 Å². The van der Waals surface area contributed by atoms with Crippen LogP contribution in [0.5, 0.6) is 0 Å². The first-order chi connectivity index (χ1) is 9.24. The van der Waals surface area contributed by atoms with Crippen LogP contribution in [0.1, 0.15) is 18.5 Å². The van der Waals surface area contributed by atoms with Crippen LogP contribution >= 0.6 is 23.1 Å². The number of carbonyl (C=O) groups is 1. The van der Waals surface area contributed by atoms with Crippen molar-refractivity contribution < 1.29 is 9.53 Å². The molecule has 2 fully saturated rings. The van der Waals surface area contributed by atoms with Gasteiger partial charge in [0.1, 0.15) is 16.1 Å². The molecule has 3 rings (SSSR count). The standard InChI is InChI=1S/C11H15ClN4O2S/c12-10-8(14-15-19-10)5-16-3-4-18-6-9(16)11(17)13-7-1-2-7/h7,9H,1-6H2,(H,13,17). The molecule has 2 heterocycles. The second kappa shape index (κ2) is 5.70. The predicted molar refractivity (Wildman–Crippen MR) is 71.1 cm³/mol. The van der Waals surface area contributed by atoms with Crippen molar-refractivity contribution in [2.75, 3.05) is 19.8 Å². The van der Waals surface area contributed by atoms with Crippen LogP contribution < -0.4 is 5.32 Å². The van der Waals surface area contributed by atoms with E-state index in [0.717, 1.165) is 18.5 Å². The van der Waals surface area contributed by atoms with Gasteiger partial charge in [0.2, 0.25) is 5.91 Å². The number of rotatable bonds is 4. The van der Waals surface area contributed by atoms with Gasteiger partial charge in [-0.25, -0.2) is 0 Å². The van der Waals surface area contributed by atoms with E-state index in [0.29, 0.717) is 36.7 Å². The number of morpholine rings is 1. The van der Waals surface area contributed by atoms with Crippen molar-refractivity contribution in [1.82, 2.24) is 19.8 Å². The maximum absolute atomic E-state index is 12.2. The minimum atomic E-state index is -0.257. The summed E-state index contributed by atoms with van der Waals surface area (Å²) in [6.45, 7) is 2.30. The van der Waals surface area contributed by atoms with Crippen molar-refractivity contribution >= 4 is 29.0 Å². The van der Waals surface area contributed by atoms with Gasteiger partial charge in [-0.05, 0) is 12.8 Å². The fourth-order valence-electron chi connectivity index (χ4n) is 2.08. The quantitative estimate of drug-likeness (QED) is 0.885. The largest absolute Gasteiger partial charge is 0.378 e. The average Bonchev–Trinajstić information content (AvgIpc) is 3.13. The molecule has 1 saturated carbocycles. The lowest BCUT2D eigenvalue weighted by atomic mass is 10.2. The number of amides is 1. The third-order valence-electron chi connectivity index (χ3n) is 3.33. The molecular formula is C11H15ClN4O2S. The molecule has 104 valence electrons. The first-order valence-corrected chi connectivity index (χ1v) is 7.48. The van der Waals surface area contributed by atoms with Crippen molar-refractivity contribution in [3.05, 3.63) is 10.0 Å². The zero-order chi connectivity index (χ0) is 13.2. The van der Waals surface area contributed by atoms with Gasteiger partial charge in [-0.1, -0.05) is 16.1 Å². The minimum absolute atomic E-state index is 0.0431. The Morgan fingerprint density at radius 1 is 1.58 bits per heavy atom. The highest BCUT2D eigenvalue weighted by Gasteiger charge is 2.33. The Morgan fingerprint density at radius 2 is 2.42 bits per heavy atom. The van der Waals surface area contributed by atoms with Crippen LogP contribution in [0.4, 0.5) is 0 Å². The first-order valence-electron chi connectivity index (χ1n) is 6.33. The average molecular weight is 303 g/mol. The van der Waals surface area contributed by atoms with Gasteiger partial charge in [-0.2, -0.15) is 0 Å². The first kappa shape index (κ1) is 13.2. The molecule has 0 radical (unpaired) electrons. The molecule has 2 aliphatic rings. The van der Waals surface area contributed by atoms with Gasteiger partial charge in [0.05, 0.1) is 13.2 Å². The Bertz CT molecular complexity index is 465. The van der Waals surface area contributed by atoms with Crippen LogP contribution in [0.15, 0.2) is 0 Å².